The maximum Gasteiger partial charge on any atom is 0.274 e. The van der Waals surface area contributed by atoms with Gasteiger partial charge in [-0.2, -0.15) is 0 Å². The zero-order valence-corrected chi connectivity index (χ0v) is 33.0. The molecule has 15 heteroatoms. The van der Waals surface area contributed by atoms with Crippen molar-refractivity contribution in [3.05, 3.63) is 70.2 Å². The predicted octanol–water partition coefficient (Wildman–Crippen LogP) is 5.54. The molecule has 9 rings (SSSR count). The molecule has 3 aliphatic heterocycles. The molecule has 3 N–H and O–H groups in total. The van der Waals surface area contributed by atoms with Gasteiger partial charge in [0.05, 0.1) is 39.1 Å². The number of aryl methyl sites for hydroxylation is 1. The van der Waals surface area contributed by atoms with Gasteiger partial charge in [-0.15, -0.1) is 11.3 Å². The van der Waals surface area contributed by atoms with Crippen LogP contribution in [-0.2, 0) is 9.59 Å². The molecule has 4 fully saturated rings. The van der Waals surface area contributed by atoms with Gasteiger partial charge in [0.15, 0.2) is 0 Å². The lowest BCUT2D eigenvalue weighted by Gasteiger charge is -2.60. The third-order valence-corrected chi connectivity index (χ3v) is 13.8. The van der Waals surface area contributed by atoms with Crippen LogP contribution >= 0.6 is 11.3 Å². The molecule has 1 atom stereocenters. The SMILES string of the molecule is COc1cc2nc([C@H]3CC[C@H](CN4CC5(CC(CCNc6cccc7c6C(=O)N(C6CCC(=O)NC6=O)C7=O)C5)C4)CC3)sc2cc1NC(=O)c1ccnc(C)n1. The summed E-state index contributed by atoms with van der Waals surface area (Å²) >= 11 is 1.71. The number of nitrogens with one attached hydrogen (secondary N) is 3. The van der Waals surface area contributed by atoms with E-state index < -0.39 is 23.8 Å². The molecule has 5 aliphatic rings. The summed E-state index contributed by atoms with van der Waals surface area (Å²) in [6.07, 6.45) is 9.91. The lowest BCUT2D eigenvalue weighted by molar-refractivity contribution is -0.136. The van der Waals surface area contributed by atoms with Gasteiger partial charge in [-0.25, -0.2) is 15.0 Å². The Morgan fingerprint density at radius 1 is 0.982 bits per heavy atom. The molecule has 4 aromatic rings. The molecule has 2 aromatic carbocycles. The van der Waals surface area contributed by atoms with Crippen LogP contribution in [0.25, 0.3) is 10.2 Å². The minimum absolute atomic E-state index is 0.0967. The third-order valence-electron chi connectivity index (χ3n) is 12.6. The normalized spacial score (nSPS) is 23.3. The Labute approximate surface area is 334 Å². The van der Waals surface area contributed by atoms with Gasteiger partial charge < -0.3 is 20.3 Å². The highest BCUT2D eigenvalue weighted by atomic mass is 32.1. The Bertz CT molecular complexity index is 2290. The molecule has 2 saturated carbocycles. The minimum atomic E-state index is -0.971. The summed E-state index contributed by atoms with van der Waals surface area (Å²) in [7, 11) is 1.59. The van der Waals surface area contributed by atoms with Crippen molar-refractivity contribution in [1.82, 2.24) is 30.1 Å². The molecule has 1 spiro atoms. The Morgan fingerprint density at radius 2 is 1.79 bits per heavy atom. The van der Waals surface area contributed by atoms with Crippen LogP contribution in [0.5, 0.6) is 5.75 Å². The van der Waals surface area contributed by atoms with Crippen molar-refractivity contribution >= 4 is 62.5 Å². The molecule has 14 nitrogen and oxygen atoms in total. The Kier molecular flexibility index (Phi) is 9.75. The number of carbonyl (C=O) groups is 5. The topological polar surface area (TPSA) is 176 Å². The summed E-state index contributed by atoms with van der Waals surface area (Å²) < 4.78 is 6.64. The highest BCUT2D eigenvalue weighted by molar-refractivity contribution is 7.18. The largest absolute Gasteiger partial charge is 0.494 e. The number of aromatic nitrogens is 3. The molecule has 5 heterocycles. The average molecular weight is 791 g/mol. The van der Waals surface area contributed by atoms with E-state index in [1.54, 1.807) is 49.8 Å². The number of amides is 5. The highest BCUT2D eigenvalue weighted by Crippen LogP contribution is 2.53. The number of rotatable bonds is 11. The predicted molar refractivity (Wildman–Crippen MR) is 213 cm³/mol. The molecule has 2 aliphatic carbocycles. The van der Waals surface area contributed by atoms with Gasteiger partial charge in [0.2, 0.25) is 11.8 Å². The zero-order chi connectivity index (χ0) is 39.4. The molecule has 2 aromatic heterocycles. The van der Waals surface area contributed by atoms with Crippen molar-refractivity contribution in [3.8, 4) is 5.75 Å². The number of piperidine rings is 1. The van der Waals surface area contributed by atoms with Crippen LogP contribution in [0.3, 0.4) is 0 Å². The summed E-state index contributed by atoms with van der Waals surface area (Å²) in [6.45, 7) is 5.96. The van der Waals surface area contributed by atoms with E-state index in [0.717, 1.165) is 45.9 Å². The van der Waals surface area contributed by atoms with Gasteiger partial charge in [0.25, 0.3) is 17.7 Å². The van der Waals surface area contributed by atoms with Crippen LogP contribution in [0.4, 0.5) is 11.4 Å². The summed E-state index contributed by atoms with van der Waals surface area (Å²) in [5.41, 5.74) is 3.46. The number of carbonyl (C=O) groups excluding carboxylic acids is 5. The average Bonchev–Trinajstić information content (AvgIpc) is 3.70. The number of imide groups is 2. The van der Waals surface area contributed by atoms with E-state index in [9.17, 15) is 24.0 Å². The van der Waals surface area contributed by atoms with Crippen molar-refractivity contribution in [2.24, 2.45) is 17.3 Å². The second-order valence-corrected chi connectivity index (χ2v) is 17.6. The van der Waals surface area contributed by atoms with Gasteiger partial charge in [-0.3, -0.25) is 34.2 Å². The van der Waals surface area contributed by atoms with Crippen LogP contribution in [0, 0.1) is 24.2 Å². The lowest BCUT2D eigenvalue weighted by atomic mass is 9.57. The van der Waals surface area contributed by atoms with E-state index in [0.29, 0.717) is 69.5 Å². The lowest BCUT2D eigenvalue weighted by Crippen LogP contribution is -2.63. The number of likely N-dealkylation sites (tertiary alicyclic amines) is 1. The number of nitrogens with zero attached hydrogens (tertiary/aromatic N) is 5. The highest BCUT2D eigenvalue weighted by Gasteiger charge is 2.52. The van der Waals surface area contributed by atoms with Crippen LogP contribution in [0.1, 0.15) is 106 Å². The Morgan fingerprint density at radius 3 is 2.54 bits per heavy atom. The minimum Gasteiger partial charge on any atom is -0.494 e. The summed E-state index contributed by atoms with van der Waals surface area (Å²) in [5, 5.41) is 9.78. The standard InChI is InChI=1S/C42H46N8O6S/c1-23-43-15-13-29(45-23)37(52)46-30-17-34-31(16-33(30)56-2)47-39(57-34)26-8-6-24(7-9-26)20-49-21-42(22-49)18-25(19-42)12-14-44-28-5-3-4-27-36(28)41(55)50(40(27)54)32-10-11-35(51)48-38(32)53/h3-5,13,15-17,24-26,32,44H,6-12,14,18-22H2,1-2H3,(H,46,52)(H,48,51,53)/t24-,26-,32?. The molecule has 0 radical (unpaired) electrons. The monoisotopic (exact) mass is 790 g/mol. The van der Waals surface area contributed by atoms with Crippen molar-refractivity contribution in [2.75, 3.05) is 43.9 Å². The molecule has 5 amide bonds. The van der Waals surface area contributed by atoms with Crippen LogP contribution < -0.4 is 20.7 Å². The number of thiazole rings is 1. The fourth-order valence-corrected chi connectivity index (χ4v) is 11.0. The first-order valence-electron chi connectivity index (χ1n) is 20.0. The second-order valence-electron chi connectivity index (χ2n) is 16.6. The van der Waals surface area contributed by atoms with Gasteiger partial charge in [0, 0.05) is 56.5 Å². The van der Waals surface area contributed by atoms with Gasteiger partial charge in [0.1, 0.15) is 23.3 Å². The molecule has 296 valence electrons. The van der Waals surface area contributed by atoms with Crippen molar-refractivity contribution in [1.29, 1.82) is 0 Å². The van der Waals surface area contributed by atoms with Gasteiger partial charge in [-0.05, 0) is 99.8 Å². The van der Waals surface area contributed by atoms with E-state index in [4.69, 9.17) is 9.72 Å². The van der Waals surface area contributed by atoms with Crippen molar-refractivity contribution in [2.45, 2.75) is 76.7 Å². The number of ether oxygens (including phenoxy) is 1. The van der Waals surface area contributed by atoms with E-state index in [1.807, 2.05) is 18.2 Å². The number of anilines is 2. The molecule has 2 saturated heterocycles. The molecule has 0 bridgehead atoms. The van der Waals surface area contributed by atoms with E-state index in [1.165, 1.54) is 38.8 Å². The molecular weight excluding hydrogens is 745 g/mol. The molecule has 1 unspecified atom stereocenters. The first kappa shape index (κ1) is 37.3. The molecular formula is C42H46N8O6S. The first-order valence-corrected chi connectivity index (χ1v) is 20.8. The van der Waals surface area contributed by atoms with E-state index in [2.05, 4.69) is 30.8 Å². The number of benzene rings is 2. The van der Waals surface area contributed by atoms with E-state index in [-0.39, 0.29) is 24.7 Å². The number of fused-ring (bicyclic) bond motifs is 2. The summed E-state index contributed by atoms with van der Waals surface area (Å²) in [5.74, 6) is 0.611. The third kappa shape index (κ3) is 7.15. The van der Waals surface area contributed by atoms with Gasteiger partial charge >= 0.3 is 0 Å². The van der Waals surface area contributed by atoms with Gasteiger partial charge in [-0.1, -0.05) is 6.07 Å². The number of hydrogen-bond acceptors (Lipinski definition) is 12. The number of hydrogen-bond donors (Lipinski definition) is 3. The zero-order valence-electron chi connectivity index (χ0n) is 32.1. The van der Waals surface area contributed by atoms with Crippen molar-refractivity contribution in [3.63, 3.8) is 0 Å². The maximum atomic E-state index is 13.4. The van der Waals surface area contributed by atoms with Crippen LogP contribution in [-0.4, -0.2) is 93.6 Å². The van der Waals surface area contributed by atoms with Crippen molar-refractivity contribution < 1.29 is 28.7 Å². The van der Waals surface area contributed by atoms with E-state index >= 15 is 0 Å². The fraction of sp³-hybridized carbons (Fsp3) is 0.476. The first-order chi connectivity index (χ1) is 27.6. The molecule has 57 heavy (non-hydrogen) atoms. The fourth-order valence-electron chi connectivity index (χ4n) is 9.87. The quantitative estimate of drug-likeness (QED) is 0.163. The second kappa shape index (κ2) is 14.9. The smallest absolute Gasteiger partial charge is 0.274 e. The Hall–Kier alpha value is -5.28. The van der Waals surface area contributed by atoms with Crippen LogP contribution in [0.2, 0.25) is 0 Å². The summed E-state index contributed by atoms with van der Waals surface area (Å²) in [6, 6.07) is 9.69. The Balaban J connectivity index is 0.716. The number of methoxy groups -OCH3 is 1. The van der Waals surface area contributed by atoms with Crippen LogP contribution in [0.15, 0.2) is 42.6 Å². The summed E-state index contributed by atoms with van der Waals surface area (Å²) in [4.78, 5) is 80.6. The maximum absolute atomic E-state index is 13.4.